The van der Waals surface area contributed by atoms with E-state index in [0.717, 1.165) is 43.9 Å². The van der Waals surface area contributed by atoms with Gasteiger partial charge in [-0.2, -0.15) is 0 Å². The molecule has 1 amide bonds. The summed E-state index contributed by atoms with van der Waals surface area (Å²) < 4.78 is 5.84. The number of fused-ring (bicyclic) bond motifs is 3. The van der Waals surface area contributed by atoms with Crippen LogP contribution in [0.3, 0.4) is 0 Å². The van der Waals surface area contributed by atoms with Gasteiger partial charge in [-0.3, -0.25) is 14.7 Å². The molecule has 2 atom stereocenters. The van der Waals surface area contributed by atoms with E-state index in [1.165, 1.54) is 5.56 Å². The van der Waals surface area contributed by atoms with Gasteiger partial charge in [-0.1, -0.05) is 24.3 Å². The first-order valence-corrected chi connectivity index (χ1v) is 11.0. The Morgan fingerprint density at radius 2 is 1.71 bits per heavy atom. The van der Waals surface area contributed by atoms with E-state index >= 15 is 0 Å². The molecule has 3 aliphatic rings. The van der Waals surface area contributed by atoms with Crippen molar-refractivity contribution >= 4 is 5.91 Å². The van der Waals surface area contributed by atoms with Crippen molar-refractivity contribution < 1.29 is 9.53 Å². The highest BCUT2D eigenvalue weighted by atomic mass is 16.5. The van der Waals surface area contributed by atoms with Crippen molar-refractivity contribution in [3.8, 4) is 11.5 Å². The summed E-state index contributed by atoms with van der Waals surface area (Å²) in [6.45, 7) is 2.24. The fourth-order valence-electron chi connectivity index (χ4n) is 4.92. The molecule has 0 spiro atoms. The number of nitrogens with one attached hydrogen (secondary N) is 1. The van der Waals surface area contributed by atoms with Crippen LogP contribution in [0.1, 0.15) is 28.8 Å². The highest BCUT2D eigenvalue weighted by Gasteiger charge is 2.42. The van der Waals surface area contributed by atoms with Crippen LogP contribution >= 0.6 is 0 Å². The van der Waals surface area contributed by atoms with Gasteiger partial charge in [0.05, 0.1) is 0 Å². The molecule has 0 aliphatic carbocycles. The Morgan fingerprint density at radius 3 is 2.42 bits per heavy atom. The molecule has 4 heterocycles. The van der Waals surface area contributed by atoms with E-state index in [4.69, 9.17) is 4.74 Å². The summed E-state index contributed by atoms with van der Waals surface area (Å²) in [6, 6.07) is 21.6. The van der Waals surface area contributed by atoms with E-state index in [2.05, 4.69) is 21.3 Å². The normalized spacial score (nSPS) is 24.5. The monoisotopic (exact) mass is 413 g/mol. The summed E-state index contributed by atoms with van der Waals surface area (Å²) in [4.78, 5) is 19.9. The minimum atomic E-state index is -0.0128. The molecule has 158 valence electrons. The number of para-hydroxylation sites is 1. The largest absolute Gasteiger partial charge is 0.457 e. The maximum Gasteiger partial charge on any atom is 0.251 e. The third kappa shape index (κ3) is 4.47. The summed E-state index contributed by atoms with van der Waals surface area (Å²) in [5.74, 6) is 2.03. The summed E-state index contributed by atoms with van der Waals surface area (Å²) in [7, 11) is 0. The molecule has 1 N–H and O–H groups in total. The number of benzene rings is 2. The molecule has 3 aromatic rings. The molecule has 3 aliphatic heterocycles. The molecule has 0 saturated carbocycles. The van der Waals surface area contributed by atoms with Gasteiger partial charge in [-0.15, -0.1) is 0 Å². The van der Waals surface area contributed by atoms with Crippen LogP contribution in [0.2, 0.25) is 0 Å². The van der Waals surface area contributed by atoms with E-state index < -0.39 is 0 Å². The van der Waals surface area contributed by atoms with Crippen LogP contribution < -0.4 is 10.1 Å². The van der Waals surface area contributed by atoms with Crippen LogP contribution in [-0.2, 0) is 6.42 Å². The van der Waals surface area contributed by atoms with Gasteiger partial charge < -0.3 is 10.1 Å². The summed E-state index contributed by atoms with van der Waals surface area (Å²) in [5.41, 5.74) is 1.89. The number of aromatic nitrogens is 1. The number of hydrogen-bond donors (Lipinski definition) is 1. The molecule has 0 radical (unpaired) electrons. The highest BCUT2D eigenvalue weighted by molar-refractivity contribution is 5.94. The van der Waals surface area contributed by atoms with Gasteiger partial charge in [0, 0.05) is 30.0 Å². The molecule has 2 aromatic carbocycles. The van der Waals surface area contributed by atoms with E-state index in [9.17, 15) is 4.79 Å². The molecular weight excluding hydrogens is 386 g/mol. The quantitative estimate of drug-likeness (QED) is 0.654. The molecule has 1 aromatic heterocycles. The standard InChI is InChI=1S/C26H27N3O2/c30-26(21-8-10-23(11-9-21)31-22-6-2-1-3-7-22)28-25-20-12-15-29(16-13-20)24(25)17-19-5-4-14-27-18-19/h1-11,14,18,20,24-25H,12-13,15-17H2,(H,28,30). The zero-order valence-electron chi connectivity index (χ0n) is 17.5. The van der Waals surface area contributed by atoms with E-state index in [1.807, 2.05) is 66.9 Å². The van der Waals surface area contributed by atoms with E-state index in [-0.39, 0.29) is 11.9 Å². The topological polar surface area (TPSA) is 54.5 Å². The third-order valence-electron chi connectivity index (χ3n) is 6.53. The van der Waals surface area contributed by atoms with Crippen molar-refractivity contribution in [3.63, 3.8) is 0 Å². The number of amides is 1. The van der Waals surface area contributed by atoms with Crippen molar-refractivity contribution in [2.45, 2.75) is 31.3 Å². The Morgan fingerprint density at radius 1 is 0.968 bits per heavy atom. The van der Waals surface area contributed by atoms with Crippen molar-refractivity contribution in [3.05, 3.63) is 90.3 Å². The first-order valence-electron chi connectivity index (χ1n) is 11.0. The Hall–Kier alpha value is -3.18. The van der Waals surface area contributed by atoms with Gasteiger partial charge in [-0.05, 0) is 86.3 Å². The van der Waals surface area contributed by atoms with Crippen molar-refractivity contribution in [1.29, 1.82) is 0 Å². The van der Waals surface area contributed by atoms with Crippen LogP contribution in [-0.4, -0.2) is 41.0 Å². The fourth-order valence-corrected chi connectivity index (χ4v) is 4.92. The van der Waals surface area contributed by atoms with E-state index in [0.29, 0.717) is 17.5 Å². The average Bonchev–Trinajstić information content (AvgIpc) is 2.83. The van der Waals surface area contributed by atoms with E-state index in [1.54, 1.807) is 6.20 Å². The molecule has 6 rings (SSSR count). The Labute approximate surface area is 183 Å². The maximum atomic E-state index is 13.1. The number of ether oxygens (including phenoxy) is 1. The Kier molecular flexibility index (Phi) is 5.67. The fraction of sp³-hybridized carbons (Fsp3) is 0.308. The molecule has 2 unspecified atom stereocenters. The highest BCUT2D eigenvalue weighted by Crippen LogP contribution is 2.34. The smallest absolute Gasteiger partial charge is 0.251 e. The second kappa shape index (κ2) is 8.90. The number of carbonyl (C=O) groups is 1. The number of rotatable bonds is 6. The molecule has 31 heavy (non-hydrogen) atoms. The van der Waals surface area contributed by atoms with Crippen molar-refractivity contribution in [1.82, 2.24) is 15.2 Å². The summed E-state index contributed by atoms with van der Waals surface area (Å²) >= 11 is 0. The average molecular weight is 414 g/mol. The third-order valence-corrected chi connectivity index (χ3v) is 6.53. The number of pyridine rings is 1. The van der Waals surface area contributed by atoms with Gasteiger partial charge >= 0.3 is 0 Å². The van der Waals surface area contributed by atoms with Gasteiger partial charge in [0.15, 0.2) is 0 Å². The van der Waals surface area contributed by atoms with Crippen LogP contribution in [0.4, 0.5) is 0 Å². The lowest BCUT2D eigenvalue weighted by molar-refractivity contribution is 0.0136. The molecule has 3 saturated heterocycles. The van der Waals surface area contributed by atoms with Gasteiger partial charge in [-0.25, -0.2) is 0 Å². The predicted molar refractivity (Wildman–Crippen MR) is 120 cm³/mol. The van der Waals surface area contributed by atoms with Crippen LogP contribution in [0.5, 0.6) is 11.5 Å². The SMILES string of the molecule is O=C(NC1C2CCN(CC2)C1Cc1cccnc1)c1ccc(Oc2ccccc2)cc1. The lowest BCUT2D eigenvalue weighted by Crippen LogP contribution is -2.64. The van der Waals surface area contributed by atoms with Gasteiger partial charge in [0.2, 0.25) is 0 Å². The van der Waals surface area contributed by atoms with Gasteiger partial charge in [0.25, 0.3) is 5.91 Å². The number of nitrogens with zero attached hydrogens (tertiary/aromatic N) is 2. The second-order valence-electron chi connectivity index (χ2n) is 8.44. The number of piperidine rings is 3. The minimum Gasteiger partial charge on any atom is -0.457 e. The molecule has 3 fully saturated rings. The minimum absolute atomic E-state index is 0.0128. The predicted octanol–water partition coefficient (Wildman–Crippen LogP) is 4.31. The lowest BCUT2D eigenvalue weighted by atomic mass is 9.76. The Bertz CT molecular complexity index is 1000. The van der Waals surface area contributed by atoms with Gasteiger partial charge in [0.1, 0.15) is 11.5 Å². The number of carbonyl (C=O) groups excluding carboxylic acids is 1. The molecular formula is C26H27N3O2. The lowest BCUT2D eigenvalue weighted by Gasteiger charge is -2.51. The summed E-state index contributed by atoms with van der Waals surface area (Å²) in [5, 5.41) is 3.36. The molecule has 5 nitrogen and oxygen atoms in total. The maximum absolute atomic E-state index is 13.1. The first-order chi connectivity index (χ1) is 15.3. The van der Waals surface area contributed by atoms with Crippen LogP contribution in [0.25, 0.3) is 0 Å². The van der Waals surface area contributed by atoms with Crippen molar-refractivity contribution in [2.75, 3.05) is 13.1 Å². The van der Waals surface area contributed by atoms with Crippen molar-refractivity contribution in [2.24, 2.45) is 5.92 Å². The number of hydrogen-bond acceptors (Lipinski definition) is 4. The molecule has 2 bridgehead atoms. The van der Waals surface area contributed by atoms with Crippen LogP contribution in [0, 0.1) is 5.92 Å². The Balaban J connectivity index is 1.28. The zero-order chi connectivity index (χ0) is 21.0. The zero-order valence-corrected chi connectivity index (χ0v) is 17.5. The molecule has 5 heteroatoms. The first kappa shape index (κ1) is 19.8. The second-order valence-corrected chi connectivity index (χ2v) is 8.44. The summed E-state index contributed by atoms with van der Waals surface area (Å²) in [6.07, 6.45) is 6.96. The van der Waals surface area contributed by atoms with Crippen LogP contribution in [0.15, 0.2) is 79.1 Å².